The first-order valence-corrected chi connectivity index (χ1v) is 6.04. The van der Waals surface area contributed by atoms with Gasteiger partial charge in [-0.1, -0.05) is 0 Å². The molecule has 1 amide bonds. The fourth-order valence-corrected chi connectivity index (χ4v) is 2.00. The normalized spacial score (nSPS) is 16.7. The molecule has 0 atom stereocenters. The van der Waals surface area contributed by atoms with Crippen LogP contribution in [0.25, 0.3) is 11.1 Å². The summed E-state index contributed by atoms with van der Waals surface area (Å²) in [6.07, 6.45) is 3.58. The summed E-state index contributed by atoms with van der Waals surface area (Å²) in [6, 6.07) is 5.24. The third-order valence-electron chi connectivity index (χ3n) is 3.61. The quantitative estimate of drug-likeness (QED) is 0.850. The Labute approximate surface area is 104 Å². The van der Waals surface area contributed by atoms with Gasteiger partial charge in [-0.25, -0.2) is 4.98 Å². The van der Waals surface area contributed by atoms with Crippen LogP contribution in [-0.2, 0) is 0 Å². The zero-order valence-corrected chi connectivity index (χ0v) is 9.98. The number of nitrogens with two attached hydrogens (primary N) is 1. The third kappa shape index (κ3) is 1.97. The van der Waals surface area contributed by atoms with Crippen molar-refractivity contribution in [3.05, 3.63) is 30.2 Å². The Balaban J connectivity index is 1.71. The van der Waals surface area contributed by atoms with Gasteiger partial charge in [-0.3, -0.25) is 4.79 Å². The second kappa shape index (κ2) is 4.10. The van der Waals surface area contributed by atoms with E-state index in [4.69, 9.17) is 10.2 Å². The Morgan fingerprint density at radius 1 is 1.50 bits per heavy atom. The van der Waals surface area contributed by atoms with Crippen LogP contribution < -0.4 is 11.1 Å². The van der Waals surface area contributed by atoms with Crippen molar-refractivity contribution >= 4 is 17.0 Å². The maximum atomic E-state index is 12.0. The molecule has 94 valence electrons. The molecular weight excluding hydrogens is 230 g/mol. The Bertz CT molecular complexity index is 587. The predicted molar refractivity (Wildman–Crippen MR) is 67.1 cm³/mol. The van der Waals surface area contributed by atoms with Gasteiger partial charge in [0.1, 0.15) is 5.52 Å². The molecule has 1 heterocycles. The second-order valence-corrected chi connectivity index (χ2v) is 4.92. The number of carbonyl (C=O) groups is 1. The van der Waals surface area contributed by atoms with E-state index in [9.17, 15) is 4.79 Å². The van der Waals surface area contributed by atoms with Crippen LogP contribution in [0.1, 0.15) is 23.2 Å². The molecule has 5 nitrogen and oxygen atoms in total. The number of carbonyl (C=O) groups excluding carboxylic acids is 1. The first-order chi connectivity index (χ1) is 8.72. The number of rotatable bonds is 4. The Hall–Kier alpha value is -1.88. The van der Waals surface area contributed by atoms with Crippen LogP contribution in [0.2, 0.25) is 0 Å². The van der Waals surface area contributed by atoms with E-state index in [2.05, 4.69) is 10.3 Å². The molecular formula is C13H15N3O2. The molecule has 1 aliphatic rings. The maximum absolute atomic E-state index is 12.0. The molecule has 0 saturated heterocycles. The number of benzene rings is 1. The van der Waals surface area contributed by atoms with Gasteiger partial charge in [0, 0.05) is 17.5 Å². The van der Waals surface area contributed by atoms with Crippen LogP contribution >= 0.6 is 0 Å². The molecule has 5 heteroatoms. The molecule has 0 unspecified atom stereocenters. The van der Waals surface area contributed by atoms with E-state index in [1.165, 1.54) is 6.39 Å². The van der Waals surface area contributed by atoms with Gasteiger partial charge < -0.3 is 15.5 Å². The highest BCUT2D eigenvalue weighted by atomic mass is 16.3. The van der Waals surface area contributed by atoms with Gasteiger partial charge in [0.2, 0.25) is 0 Å². The number of nitrogens with zero attached hydrogens (tertiary/aromatic N) is 1. The lowest BCUT2D eigenvalue weighted by molar-refractivity contribution is 0.0945. The lowest BCUT2D eigenvalue weighted by atomic mass is 10.1. The summed E-state index contributed by atoms with van der Waals surface area (Å²) in [4.78, 5) is 16.0. The summed E-state index contributed by atoms with van der Waals surface area (Å²) in [5.74, 6) is -0.0898. The number of aromatic nitrogens is 1. The van der Waals surface area contributed by atoms with Crippen LogP contribution in [0.3, 0.4) is 0 Å². The number of amides is 1. The molecule has 0 spiro atoms. The minimum Gasteiger partial charge on any atom is -0.443 e. The van der Waals surface area contributed by atoms with E-state index in [1.807, 2.05) is 0 Å². The first kappa shape index (κ1) is 11.2. The summed E-state index contributed by atoms with van der Waals surface area (Å²) in [7, 11) is 0. The monoisotopic (exact) mass is 245 g/mol. The number of nitrogens with one attached hydrogen (secondary N) is 1. The molecule has 3 N–H and O–H groups in total. The fraction of sp³-hybridized carbons (Fsp3) is 0.385. The lowest BCUT2D eigenvalue weighted by Crippen LogP contribution is -2.33. The molecule has 1 aromatic carbocycles. The van der Waals surface area contributed by atoms with E-state index in [1.54, 1.807) is 18.2 Å². The molecule has 0 bridgehead atoms. The fourth-order valence-electron chi connectivity index (χ4n) is 2.00. The van der Waals surface area contributed by atoms with Crippen LogP contribution in [0.4, 0.5) is 0 Å². The van der Waals surface area contributed by atoms with Gasteiger partial charge in [-0.15, -0.1) is 0 Å². The second-order valence-electron chi connectivity index (χ2n) is 4.92. The van der Waals surface area contributed by atoms with Crippen molar-refractivity contribution < 1.29 is 9.21 Å². The van der Waals surface area contributed by atoms with Crippen molar-refractivity contribution in [2.24, 2.45) is 11.1 Å². The molecule has 0 radical (unpaired) electrons. The summed E-state index contributed by atoms with van der Waals surface area (Å²) in [5, 5.41) is 2.93. The molecule has 2 aromatic rings. The van der Waals surface area contributed by atoms with Crippen molar-refractivity contribution in [2.75, 3.05) is 13.1 Å². The highest BCUT2D eigenvalue weighted by molar-refractivity contribution is 5.97. The summed E-state index contributed by atoms with van der Waals surface area (Å²) < 4.78 is 5.18. The van der Waals surface area contributed by atoms with Crippen molar-refractivity contribution in [1.82, 2.24) is 10.3 Å². The average molecular weight is 245 g/mol. The summed E-state index contributed by atoms with van der Waals surface area (Å²) >= 11 is 0. The SMILES string of the molecule is NCC1(CNC(=O)c2ccc3ncoc3c2)CC1. The van der Waals surface area contributed by atoms with Crippen LogP contribution in [0.15, 0.2) is 29.0 Å². The van der Waals surface area contributed by atoms with E-state index in [-0.39, 0.29) is 11.3 Å². The van der Waals surface area contributed by atoms with Gasteiger partial charge in [-0.2, -0.15) is 0 Å². The molecule has 18 heavy (non-hydrogen) atoms. The Kier molecular flexibility index (Phi) is 2.56. The Morgan fingerprint density at radius 2 is 2.33 bits per heavy atom. The smallest absolute Gasteiger partial charge is 0.251 e. The molecule has 1 fully saturated rings. The van der Waals surface area contributed by atoms with E-state index < -0.39 is 0 Å². The molecule has 1 aromatic heterocycles. The topological polar surface area (TPSA) is 81.1 Å². The van der Waals surface area contributed by atoms with Crippen molar-refractivity contribution in [3.8, 4) is 0 Å². The standard InChI is InChI=1S/C13H15N3O2/c14-6-13(3-4-13)7-15-12(17)9-1-2-10-11(5-9)18-8-16-10/h1-2,5,8H,3-4,6-7,14H2,(H,15,17). The summed E-state index contributed by atoms with van der Waals surface area (Å²) in [6.45, 7) is 1.28. The highest BCUT2D eigenvalue weighted by Crippen LogP contribution is 2.43. The van der Waals surface area contributed by atoms with E-state index >= 15 is 0 Å². The maximum Gasteiger partial charge on any atom is 0.251 e. The minimum absolute atomic E-state index is 0.0898. The van der Waals surface area contributed by atoms with Gasteiger partial charge in [0.15, 0.2) is 12.0 Å². The zero-order valence-electron chi connectivity index (χ0n) is 9.98. The lowest BCUT2D eigenvalue weighted by Gasteiger charge is -2.13. The van der Waals surface area contributed by atoms with Crippen LogP contribution in [-0.4, -0.2) is 24.0 Å². The van der Waals surface area contributed by atoms with Gasteiger partial charge in [-0.05, 0) is 37.6 Å². The predicted octanol–water partition coefficient (Wildman–Crippen LogP) is 1.30. The van der Waals surface area contributed by atoms with Crippen LogP contribution in [0.5, 0.6) is 0 Å². The molecule has 1 aliphatic carbocycles. The number of hydrogen-bond donors (Lipinski definition) is 2. The van der Waals surface area contributed by atoms with E-state index in [0.717, 1.165) is 18.4 Å². The number of oxazole rings is 1. The largest absolute Gasteiger partial charge is 0.443 e. The van der Waals surface area contributed by atoms with Gasteiger partial charge in [0.05, 0.1) is 0 Å². The number of hydrogen-bond acceptors (Lipinski definition) is 4. The van der Waals surface area contributed by atoms with Gasteiger partial charge >= 0.3 is 0 Å². The van der Waals surface area contributed by atoms with Crippen molar-refractivity contribution in [3.63, 3.8) is 0 Å². The summed E-state index contributed by atoms with van der Waals surface area (Å²) in [5.41, 5.74) is 7.80. The van der Waals surface area contributed by atoms with Gasteiger partial charge in [0.25, 0.3) is 5.91 Å². The molecule has 1 saturated carbocycles. The van der Waals surface area contributed by atoms with Crippen molar-refractivity contribution in [1.29, 1.82) is 0 Å². The van der Waals surface area contributed by atoms with Crippen molar-refractivity contribution in [2.45, 2.75) is 12.8 Å². The first-order valence-electron chi connectivity index (χ1n) is 6.04. The van der Waals surface area contributed by atoms with Crippen LogP contribution in [0, 0.1) is 5.41 Å². The Morgan fingerprint density at radius 3 is 3.06 bits per heavy atom. The minimum atomic E-state index is -0.0898. The molecule has 0 aliphatic heterocycles. The number of fused-ring (bicyclic) bond motifs is 1. The zero-order chi connectivity index (χ0) is 12.6. The third-order valence-corrected chi connectivity index (χ3v) is 3.61. The van der Waals surface area contributed by atoms with E-state index in [0.29, 0.717) is 24.2 Å². The highest BCUT2D eigenvalue weighted by Gasteiger charge is 2.41. The average Bonchev–Trinajstić information content (AvgIpc) is 3.04. The molecule has 3 rings (SSSR count).